The Balaban J connectivity index is 2.47. The first kappa shape index (κ1) is 9.62. The number of nitrogens with two attached hydrogens (primary N) is 1. The highest BCUT2D eigenvalue weighted by atomic mass is 35.5. The van der Waals surface area contributed by atoms with Crippen molar-refractivity contribution in [1.82, 2.24) is 0 Å². The molecule has 12 heavy (non-hydrogen) atoms. The molecule has 0 aliphatic rings. The van der Waals surface area contributed by atoms with Gasteiger partial charge in [-0.05, 0) is 30.2 Å². The van der Waals surface area contributed by atoms with Crippen LogP contribution in [0.25, 0.3) is 0 Å². The molecule has 1 aromatic heterocycles. The molecule has 3 heteroatoms. The Morgan fingerprint density at radius 1 is 1.58 bits per heavy atom. The van der Waals surface area contributed by atoms with E-state index >= 15 is 0 Å². The number of rotatable bonds is 4. The predicted molar refractivity (Wildman–Crippen MR) is 50.2 cm³/mol. The van der Waals surface area contributed by atoms with Crippen molar-refractivity contribution < 1.29 is 4.42 Å². The summed E-state index contributed by atoms with van der Waals surface area (Å²) in [7, 11) is 0. The molecule has 0 bridgehead atoms. The molecule has 0 aliphatic carbocycles. The monoisotopic (exact) mass is 187 g/mol. The molecule has 0 saturated heterocycles. The number of unbranched alkanes of at least 4 members (excludes halogenated alkanes) is 1. The van der Waals surface area contributed by atoms with E-state index in [1.165, 1.54) is 0 Å². The highest BCUT2D eigenvalue weighted by Gasteiger charge is 2.08. The Hall–Kier alpha value is -0.470. The summed E-state index contributed by atoms with van der Waals surface area (Å²) in [5.74, 6) is 0.786. The van der Waals surface area contributed by atoms with Crippen molar-refractivity contribution >= 4 is 11.6 Å². The first-order valence-electron chi connectivity index (χ1n) is 4.25. The van der Waals surface area contributed by atoms with Crippen molar-refractivity contribution in [2.75, 3.05) is 0 Å². The van der Waals surface area contributed by atoms with E-state index in [1.807, 2.05) is 6.07 Å². The minimum absolute atomic E-state index is 0.00236. The Labute approximate surface area is 77.7 Å². The Bertz CT molecular complexity index is 234. The van der Waals surface area contributed by atoms with E-state index in [1.54, 1.807) is 6.07 Å². The van der Waals surface area contributed by atoms with Crippen molar-refractivity contribution in [3.05, 3.63) is 23.1 Å². The number of furan rings is 1. The zero-order valence-electron chi connectivity index (χ0n) is 7.22. The van der Waals surface area contributed by atoms with Gasteiger partial charge in [-0.15, -0.1) is 0 Å². The van der Waals surface area contributed by atoms with Crippen LogP contribution in [0.4, 0.5) is 0 Å². The molecule has 68 valence electrons. The lowest BCUT2D eigenvalue weighted by atomic mass is 10.1. The maximum Gasteiger partial charge on any atom is 0.193 e. The van der Waals surface area contributed by atoms with Crippen LogP contribution in [0.5, 0.6) is 0 Å². The number of halogens is 1. The highest BCUT2D eigenvalue weighted by molar-refractivity contribution is 6.28. The van der Waals surface area contributed by atoms with Crippen LogP contribution in [0.1, 0.15) is 38.0 Å². The molecule has 2 nitrogen and oxygen atoms in total. The minimum atomic E-state index is -0.00236. The number of hydrogen-bond donors (Lipinski definition) is 1. The third-order valence-electron chi connectivity index (χ3n) is 1.83. The van der Waals surface area contributed by atoms with Crippen LogP contribution in [0.15, 0.2) is 16.5 Å². The van der Waals surface area contributed by atoms with Gasteiger partial charge >= 0.3 is 0 Å². The molecule has 1 atom stereocenters. The summed E-state index contributed by atoms with van der Waals surface area (Å²) < 4.78 is 5.18. The summed E-state index contributed by atoms with van der Waals surface area (Å²) >= 11 is 5.62. The van der Waals surface area contributed by atoms with Gasteiger partial charge in [-0.25, -0.2) is 0 Å². The normalized spacial score (nSPS) is 13.2. The van der Waals surface area contributed by atoms with Gasteiger partial charge in [-0.3, -0.25) is 0 Å². The first-order valence-corrected chi connectivity index (χ1v) is 4.62. The third kappa shape index (κ3) is 2.54. The summed E-state index contributed by atoms with van der Waals surface area (Å²) in [5.41, 5.74) is 5.84. The lowest BCUT2D eigenvalue weighted by molar-refractivity contribution is 0.446. The summed E-state index contributed by atoms with van der Waals surface area (Å²) in [6.45, 7) is 2.14. The van der Waals surface area contributed by atoms with Gasteiger partial charge in [0.25, 0.3) is 0 Å². The predicted octanol–water partition coefficient (Wildman–Crippen LogP) is 3.12. The van der Waals surface area contributed by atoms with Gasteiger partial charge < -0.3 is 10.2 Å². The zero-order valence-corrected chi connectivity index (χ0v) is 7.97. The van der Waals surface area contributed by atoms with Gasteiger partial charge in [0.15, 0.2) is 5.22 Å². The third-order valence-corrected chi connectivity index (χ3v) is 2.03. The molecule has 1 rings (SSSR count). The molecule has 0 fully saturated rings. The second-order valence-electron chi connectivity index (χ2n) is 2.89. The smallest absolute Gasteiger partial charge is 0.193 e. The average Bonchev–Trinajstić information content (AvgIpc) is 2.47. The Morgan fingerprint density at radius 3 is 2.83 bits per heavy atom. The quantitative estimate of drug-likeness (QED) is 0.787. The lowest BCUT2D eigenvalue weighted by Gasteiger charge is -2.06. The fraction of sp³-hybridized carbons (Fsp3) is 0.556. The van der Waals surface area contributed by atoms with Crippen molar-refractivity contribution in [3.63, 3.8) is 0 Å². The molecular formula is C9H14ClNO. The second kappa shape index (κ2) is 4.53. The van der Waals surface area contributed by atoms with Crippen LogP contribution in [-0.4, -0.2) is 0 Å². The molecular weight excluding hydrogens is 174 g/mol. The molecule has 0 saturated carbocycles. The average molecular weight is 188 g/mol. The van der Waals surface area contributed by atoms with Gasteiger partial charge in [0.1, 0.15) is 5.76 Å². The van der Waals surface area contributed by atoms with Gasteiger partial charge in [0.05, 0.1) is 6.04 Å². The lowest BCUT2D eigenvalue weighted by Crippen LogP contribution is -2.08. The fourth-order valence-corrected chi connectivity index (χ4v) is 1.25. The molecule has 0 spiro atoms. The van der Waals surface area contributed by atoms with E-state index in [0.717, 1.165) is 25.0 Å². The van der Waals surface area contributed by atoms with Gasteiger partial charge in [-0.1, -0.05) is 19.8 Å². The van der Waals surface area contributed by atoms with Crippen LogP contribution in [0.2, 0.25) is 5.22 Å². The molecule has 0 radical (unpaired) electrons. The van der Waals surface area contributed by atoms with Crippen LogP contribution in [0, 0.1) is 0 Å². The van der Waals surface area contributed by atoms with Crippen LogP contribution >= 0.6 is 11.6 Å². The maximum atomic E-state index is 5.84. The summed E-state index contributed by atoms with van der Waals surface area (Å²) in [4.78, 5) is 0. The van der Waals surface area contributed by atoms with E-state index in [9.17, 15) is 0 Å². The second-order valence-corrected chi connectivity index (χ2v) is 3.26. The minimum Gasteiger partial charge on any atom is -0.448 e. The Kier molecular flexibility index (Phi) is 3.63. The van der Waals surface area contributed by atoms with Gasteiger partial charge in [0.2, 0.25) is 0 Å². The molecule has 0 amide bonds. The maximum absolute atomic E-state index is 5.84. The molecule has 2 N–H and O–H groups in total. The molecule has 0 aromatic carbocycles. The van der Waals surface area contributed by atoms with Crippen molar-refractivity contribution in [2.45, 2.75) is 32.2 Å². The van der Waals surface area contributed by atoms with Crippen molar-refractivity contribution in [2.24, 2.45) is 5.73 Å². The zero-order chi connectivity index (χ0) is 8.97. The largest absolute Gasteiger partial charge is 0.448 e. The number of hydrogen-bond acceptors (Lipinski definition) is 2. The van der Waals surface area contributed by atoms with Crippen LogP contribution in [0.3, 0.4) is 0 Å². The topological polar surface area (TPSA) is 39.2 Å². The van der Waals surface area contributed by atoms with Crippen LogP contribution < -0.4 is 5.73 Å². The molecule has 0 unspecified atom stereocenters. The van der Waals surface area contributed by atoms with Gasteiger partial charge in [-0.2, -0.15) is 0 Å². The molecule has 1 aromatic rings. The van der Waals surface area contributed by atoms with Crippen molar-refractivity contribution in [3.8, 4) is 0 Å². The van der Waals surface area contributed by atoms with E-state index in [4.69, 9.17) is 21.8 Å². The van der Waals surface area contributed by atoms with E-state index in [2.05, 4.69) is 6.92 Å². The van der Waals surface area contributed by atoms with Gasteiger partial charge in [0, 0.05) is 0 Å². The highest BCUT2D eigenvalue weighted by Crippen LogP contribution is 2.21. The Morgan fingerprint density at radius 2 is 2.33 bits per heavy atom. The van der Waals surface area contributed by atoms with Crippen LogP contribution in [-0.2, 0) is 0 Å². The summed E-state index contributed by atoms with van der Waals surface area (Å²) in [6.07, 6.45) is 3.24. The fourth-order valence-electron chi connectivity index (χ4n) is 1.09. The van der Waals surface area contributed by atoms with E-state index in [0.29, 0.717) is 5.22 Å². The first-order chi connectivity index (χ1) is 5.74. The van der Waals surface area contributed by atoms with Crippen molar-refractivity contribution in [1.29, 1.82) is 0 Å². The molecule has 0 aliphatic heterocycles. The molecule has 1 heterocycles. The SMILES string of the molecule is CCCC[C@H](N)c1ccc(Cl)o1. The van der Waals surface area contributed by atoms with E-state index in [-0.39, 0.29) is 6.04 Å². The summed E-state index contributed by atoms with van der Waals surface area (Å²) in [6, 6.07) is 3.56. The standard InChI is InChI=1S/C9H14ClNO/c1-2-3-4-7(11)8-5-6-9(10)12-8/h5-7H,2-4,11H2,1H3/t7-/m0/s1. The summed E-state index contributed by atoms with van der Waals surface area (Å²) in [5, 5.41) is 0.414. The van der Waals surface area contributed by atoms with E-state index < -0.39 is 0 Å².